The zero-order valence-corrected chi connectivity index (χ0v) is 34.8. The lowest BCUT2D eigenvalue weighted by Crippen LogP contribution is -2.45. The van der Waals surface area contributed by atoms with E-state index < -0.39 is 12.1 Å². The van der Waals surface area contributed by atoms with Crippen LogP contribution in [-0.4, -0.2) is 47.4 Å². The third kappa shape index (κ3) is 38.3. The molecule has 308 valence electrons. The van der Waals surface area contributed by atoms with Gasteiger partial charge in [0, 0.05) is 12.8 Å². The normalized spacial score (nSPS) is 12.8. The zero-order chi connectivity index (χ0) is 38.0. The van der Waals surface area contributed by atoms with E-state index in [4.69, 9.17) is 4.74 Å². The summed E-state index contributed by atoms with van der Waals surface area (Å²) in [6.45, 7) is 4.87. The van der Waals surface area contributed by atoms with Gasteiger partial charge < -0.3 is 20.3 Å². The number of hydrogen-bond acceptors (Lipinski definition) is 5. The van der Waals surface area contributed by atoms with Crippen molar-refractivity contribution in [2.45, 2.75) is 257 Å². The highest BCUT2D eigenvalue weighted by Gasteiger charge is 2.20. The summed E-state index contributed by atoms with van der Waals surface area (Å²) in [5.41, 5.74) is 0. The molecule has 0 aromatic rings. The molecule has 0 saturated carbocycles. The third-order valence-corrected chi connectivity index (χ3v) is 10.6. The molecule has 0 saturated heterocycles. The van der Waals surface area contributed by atoms with Gasteiger partial charge in [0.25, 0.3) is 0 Å². The molecular formula is C46H89NO5. The van der Waals surface area contributed by atoms with Gasteiger partial charge in [-0.25, -0.2) is 0 Å². The van der Waals surface area contributed by atoms with Crippen molar-refractivity contribution in [3.63, 3.8) is 0 Å². The second-order valence-corrected chi connectivity index (χ2v) is 15.7. The van der Waals surface area contributed by atoms with Gasteiger partial charge in [-0.05, 0) is 51.4 Å². The van der Waals surface area contributed by atoms with Crippen molar-refractivity contribution in [1.29, 1.82) is 0 Å². The fraction of sp³-hybridized carbons (Fsp3) is 0.913. The Morgan fingerprint density at radius 1 is 0.519 bits per heavy atom. The van der Waals surface area contributed by atoms with Crippen LogP contribution in [-0.2, 0) is 14.3 Å². The van der Waals surface area contributed by atoms with E-state index in [0.717, 1.165) is 57.8 Å². The molecular weight excluding hydrogens is 647 g/mol. The fourth-order valence-electron chi connectivity index (χ4n) is 6.98. The van der Waals surface area contributed by atoms with E-state index >= 15 is 0 Å². The maximum atomic E-state index is 12.4. The van der Waals surface area contributed by atoms with E-state index in [1.807, 2.05) is 0 Å². The van der Waals surface area contributed by atoms with Crippen molar-refractivity contribution >= 4 is 11.9 Å². The summed E-state index contributed by atoms with van der Waals surface area (Å²) in [6.07, 6.45) is 45.9. The summed E-state index contributed by atoms with van der Waals surface area (Å²) >= 11 is 0. The molecule has 0 bridgehead atoms. The maximum Gasteiger partial charge on any atom is 0.305 e. The lowest BCUT2D eigenvalue weighted by Gasteiger charge is -2.22. The van der Waals surface area contributed by atoms with Crippen LogP contribution in [0, 0.1) is 0 Å². The smallest absolute Gasteiger partial charge is 0.305 e. The fourth-order valence-corrected chi connectivity index (χ4v) is 6.98. The minimum atomic E-state index is -0.671. The molecule has 0 rings (SSSR count). The molecule has 52 heavy (non-hydrogen) atoms. The van der Waals surface area contributed by atoms with Crippen molar-refractivity contribution < 1.29 is 24.5 Å². The van der Waals surface area contributed by atoms with E-state index in [2.05, 4.69) is 31.3 Å². The minimum absolute atomic E-state index is 0.0184. The van der Waals surface area contributed by atoms with Crippen molar-refractivity contribution in [2.75, 3.05) is 13.2 Å². The molecule has 3 N–H and O–H groups in total. The standard InChI is InChI=1S/C46H89NO5/c1-3-5-7-9-11-13-14-15-16-20-24-28-32-36-40-46(51)52-41-37-33-29-25-21-18-17-19-23-27-31-35-39-45(50)47-43(42-48)44(49)38-34-30-26-22-12-10-8-6-4-2/h14-15,43-44,48-49H,3-13,16-42H2,1-2H3,(H,47,50)/b15-14-. The van der Waals surface area contributed by atoms with Crippen molar-refractivity contribution in [3.05, 3.63) is 12.2 Å². The number of hydrogen-bond donors (Lipinski definition) is 3. The lowest BCUT2D eigenvalue weighted by atomic mass is 10.0. The number of aliphatic hydroxyl groups excluding tert-OH is 2. The summed E-state index contributed by atoms with van der Waals surface area (Å²) in [7, 11) is 0. The SMILES string of the molecule is CCCCCCC/C=C\CCCCCCCC(=O)OCCCCCCCCCCCCCCC(=O)NC(CO)C(O)CCCCCCCCCCC. The molecule has 6 heteroatoms. The summed E-state index contributed by atoms with van der Waals surface area (Å²) in [6, 6.07) is -0.550. The Morgan fingerprint density at radius 3 is 1.37 bits per heavy atom. The topological polar surface area (TPSA) is 95.9 Å². The van der Waals surface area contributed by atoms with Crippen LogP contribution in [0.25, 0.3) is 0 Å². The van der Waals surface area contributed by atoms with E-state index in [9.17, 15) is 19.8 Å². The predicted molar refractivity (Wildman–Crippen MR) is 223 cm³/mol. The predicted octanol–water partition coefficient (Wildman–Crippen LogP) is 13.0. The molecule has 0 radical (unpaired) electrons. The lowest BCUT2D eigenvalue weighted by molar-refractivity contribution is -0.143. The number of amides is 1. The molecule has 6 nitrogen and oxygen atoms in total. The van der Waals surface area contributed by atoms with Crippen LogP contribution in [0.2, 0.25) is 0 Å². The molecule has 2 unspecified atom stereocenters. The van der Waals surface area contributed by atoms with E-state index in [1.54, 1.807) is 0 Å². The highest BCUT2D eigenvalue weighted by atomic mass is 16.5. The van der Waals surface area contributed by atoms with Gasteiger partial charge in [-0.3, -0.25) is 9.59 Å². The Labute approximate surface area is 323 Å². The average molecular weight is 736 g/mol. The molecule has 0 aromatic heterocycles. The van der Waals surface area contributed by atoms with Crippen LogP contribution < -0.4 is 5.32 Å². The second kappa shape index (κ2) is 42.3. The van der Waals surface area contributed by atoms with Gasteiger partial charge in [-0.2, -0.15) is 0 Å². The average Bonchev–Trinajstić information content (AvgIpc) is 3.14. The largest absolute Gasteiger partial charge is 0.466 e. The molecule has 0 aliphatic rings. The summed E-state index contributed by atoms with van der Waals surface area (Å²) in [5, 5.41) is 23.0. The number of nitrogens with one attached hydrogen (secondary N) is 1. The monoisotopic (exact) mass is 736 g/mol. The van der Waals surface area contributed by atoms with Crippen LogP contribution in [0.5, 0.6) is 0 Å². The first-order valence-electron chi connectivity index (χ1n) is 22.9. The number of rotatable bonds is 42. The summed E-state index contributed by atoms with van der Waals surface area (Å²) in [5.74, 6) is -0.0722. The third-order valence-electron chi connectivity index (χ3n) is 10.6. The van der Waals surface area contributed by atoms with Crippen LogP contribution >= 0.6 is 0 Å². The van der Waals surface area contributed by atoms with Gasteiger partial charge in [-0.15, -0.1) is 0 Å². The number of ether oxygens (including phenoxy) is 1. The zero-order valence-electron chi connectivity index (χ0n) is 34.8. The second-order valence-electron chi connectivity index (χ2n) is 15.7. The van der Waals surface area contributed by atoms with Crippen molar-refractivity contribution in [1.82, 2.24) is 5.32 Å². The van der Waals surface area contributed by atoms with Gasteiger partial charge in [0.1, 0.15) is 0 Å². The van der Waals surface area contributed by atoms with Crippen LogP contribution in [0.15, 0.2) is 12.2 Å². The van der Waals surface area contributed by atoms with Gasteiger partial charge >= 0.3 is 5.97 Å². The summed E-state index contributed by atoms with van der Waals surface area (Å²) in [4.78, 5) is 24.3. The number of allylic oxidation sites excluding steroid dienone is 2. The number of aliphatic hydroxyl groups is 2. The Morgan fingerprint density at radius 2 is 0.904 bits per heavy atom. The molecule has 0 aliphatic heterocycles. The highest BCUT2D eigenvalue weighted by molar-refractivity contribution is 5.76. The first kappa shape index (κ1) is 50.6. The minimum Gasteiger partial charge on any atom is -0.466 e. The van der Waals surface area contributed by atoms with E-state index in [-0.39, 0.29) is 18.5 Å². The maximum absolute atomic E-state index is 12.4. The Bertz CT molecular complexity index is 772. The Kier molecular flexibility index (Phi) is 41.2. The first-order chi connectivity index (χ1) is 25.5. The van der Waals surface area contributed by atoms with Gasteiger partial charge in [0.2, 0.25) is 5.91 Å². The van der Waals surface area contributed by atoms with Crippen LogP contribution in [0.4, 0.5) is 0 Å². The van der Waals surface area contributed by atoms with Gasteiger partial charge in [0.15, 0.2) is 0 Å². The quantitative estimate of drug-likeness (QED) is 0.0329. The van der Waals surface area contributed by atoms with Crippen molar-refractivity contribution in [3.8, 4) is 0 Å². The highest BCUT2D eigenvalue weighted by Crippen LogP contribution is 2.15. The summed E-state index contributed by atoms with van der Waals surface area (Å²) < 4.78 is 5.44. The molecule has 2 atom stereocenters. The molecule has 0 heterocycles. The Balaban J connectivity index is 3.44. The van der Waals surface area contributed by atoms with E-state index in [0.29, 0.717) is 25.9 Å². The molecule has 0 spiro atoms. The van der Waals surface area contributed by atoms with Crippen LogP contribution in [0.1, 0.15) is 245 Å². The molecule has 0 aliphatic carbocycles. The van der Waals surface area contributed by atoms with Gasteiger partial charge in [0.05, 0.1) is 25.4 Å². The van der Waals surface area contributed by atoms with Crippen molar-refractivity contribution in [2.24, 2.45) is 0 Å². The van der Waals surface area contributed by atoms with Crippen LogP contribution in [0.3, 0.4) is 0 Å². The molecule has 1 amide bonds. The number of esters is 1. The molecule has 0 aromatic carbocycles. The van der Waals surface area contributed by atoms with Gasteiger partial charge in [-0.1, -0.05) is 193 Å². The first-order valence-corrected chi connectivity index (χ1v) is 22.9. The van der Waals surface area contributed by atoms with E-state index in [1.165, 1.54) is 154 Å². The number of carbonyl (C=O) groups is 2. The number of unbranched alkanes of at least 4 members (excludes halogenated alkanes) is 29. The molecule has 0 fully saturated rings. The number of carbonyl (C=O) groups excluding carboxylic acids is 2. The Hall–Kier alpha value is -1.40.